The fourth-order valence-corrected chi connectivity index (χ4v) is 4.09. The second-order valence-electron chi connectivity index (χ2n) is 7.63. The predicted octanol–water partition coefficient (Wildman–Crippen LogP) is 3.57. The number of nitrogens with zero attached hydrogens (tertiary/aromatic N) is 2. The van der Waals surface area contributed by atoms with E-state index in [1.165, 1.54) is 11.1 Å². The van der Waals surface area contributed by atoms with Gasteiger partial charge in [0.1, 0.15) is 0 Å². The van der Waals surface area contributed by atoms with Crippen LogP contribution in [0.15, 0.2) is 54.6 Å². The maximum Gasteiger partial charge on any atom is 0.318 e. The van der Waals surface area contributed by atoms with Crippen LogP contribution in [-0.2, 0) is 17.8 Å². The number of morpholine rings is 1. The smallest absolute Gasteiger partial charge is 0.318 e. The number of hydrogen-bond acceptors (Lipinski definition) is 3. The Kier molecular flexibility index (Phi) is 6.24. The molecule has 4 rings (SSSR count). The summed E-state index contributed by atoms with van der Waals surface area (Å²) in [5, 5.41) is 3.10. The van der Waals surface area contributed by atoms with Crippen molar-refractivity contribution in [2.75, 3.05) is 32.8 Å². The van der Waals surface area contributed by atoms with Crippen molar-refractivity contribution in [1.29, 1.82) is 0 Å². The summed E-state index contributed by atoms with van der Waals surface area (Å²) in [6.45, 7) is 5.99. The molecular weight excluding hydrogens is 350 g/mol. The third kappa shape index (κ3) is 4.72. The number of ether oxygens (including phenoxy) is 1. The first-order chi connectivity index (χ1) is 13.8. The van der Waals surface area contributed by atoms with Gasteiger partial charge in [0, 0.05) is 32.7 Å². The summed E-state index contributed by atoms with van der Waals surface area (Å²) in [5.41, 5.74) is 3.66. The Balaban J connectivity index is 1.29. The van der Waals surface area contributed by atoms with Crippen molar-refractivity contribution in [3.63, 3.8) is 0 Å². The first-order valence-corrected chi connectivity index (χ1v) is 10.3. The molecule has 0 saturated carbocycles. The van der Waals surface area contributed by atoms with E-state index >= 15 is 0 Å². The van der Waals surface area contributed by atoms with Crippen LogP contribution in [0.2, 0.25) is 0 Å². The SMILES string of the molecule is O=C(NCc1ccc(CN2CCOCC2)cc1)N1CCCC1c1ccccc1. The van der Waals surface area contributed by atoms with Crippen molar-refractivity contribution in [3.8, 4) is 0 Å². The second kappa shape index (κ2) is 9.22. The number of likely N-dealkylation sites (tertiary alicyclic amines) is 1. The quantitative estimate of drug-likeness (QED) is 0.864. The molecule has 2 aromatic carbocycles. The van der Waals surface area contributed by atoms with E-state index in [9.17, 15) is 4.79 Å². The fraction of sp³-hybridized carbons (Fsp3) is 0.435. The maximum absolute atomic E-state index is 12.7. The molecule has 0 aromatic heterocycles. The Morgan fingerprint density at radius 3 is 2.43 bits per heavy atom. The van der Waals surface area contributed by atoms with Gasteiger partial charge in [-0.05, 0) is 29.5 Å². The van der Waals surface area contributed by atoms with Gasteiger partial charge in [-0.2, -0.15) is 0 Å². The lowest BCUT2D eigenvalue weighted by atomic mass is 10.1. The van der Waals surface area contributed by atoms with Crippen molar-refractivity contribution in [1.82, 2.24) is 15.1 Å². The molecule has 1 N–H and O–H groups in total. The lowest BCUT2D eigenvalue weighted by Gasteiger charge is -2.26. The van der Waals surface area contributed by atoms with Gasteiger partial charge in [0.2, 0.25) is 0 Å². The molecule has 5 nitrogen and oxygen atoms in total. The van der Waals surface area contributed by atoms with Gasteiger partial charge in [0.15, 0.2) is 0 Å². The van der Waals surface area contributed by atoms with Crippen LogP contribution >= 0.6 is 0 Å². The van der Waals surface area contributed by atoms with E-state index in [-0.39, 0.29) is 12.1 Å². The van der Waals surface area contributed by atoms with E-state index in [0.29, 0.717) is 6.54 Å². The van der Waals surface area contributed by atoms with Crippen LogP contribution in [0, 0.1) is 0 Å². The zero-order chi connectivity index (χ0) is 19.2. The number of carbonyl (C=O) groups excluding carboxylic acids is 1. The van der Waals surface area contributed by atoms with Gasteiger partial charge >= 0.3 is 6.03 Å². The van der Waals surface area contributed by atoms with Crippen LogP contribution in [0.3, 0.4) is 0 Å². The molecule has 2 aromatic rings. The van der Waals surface area contributed by atoms with Crippen LogP contribution in [-0.4, -0.2) is 48.7 Å². The summed E-state index contributed by atoms with van der Waals surface area (Å²) in [5.74, 6) is 0. The van der Waals surface area contributed by atoms with Crippen LogP contribution in [0.5, 0.6) is 0 Å². The lowest BCUT2D eigenvalue weighted by Crippen LogP contribution is -2.39. The summed E-state index contributed by atoms with van der Waals surface area (Å²) in [6, 6.07) is 19.1. The van der Waals surface area contributed by atoms with E-state index < -0.39 is 0 Å². The highest BCUT2D eigenvalue weighted by atomic mass is 16.5. The van der Waals surface area contributed by atoms with Gasteiger partial charge in [-0.1, -0.05) is 54.6 Å². The molecule has 2 saturated heterocycles. The highest BCUT2D eigenvalue weighted by Crippen LogP contribution is 2.31. The van der Waals surface area contributed by atoms with Gasteiger partial charge in [0.25, 0.3) is 0 Å². The molecule has 148 valence electrons. The molecular formula is C23H29N3O2. The Bertz CT molecular complexity index is 757. The summed E-state index contributed by atoms with van der Waals surface area (Å²) in [6.07, 6.45) is 2.09. The minimum atomic E-state index is 0.0312. The van der Waals surface area contributed by atoms with E-state index in [1.54, 1.807) is 0 Å². The van der Waals surface area contributed by atoms with Crippen LogP contribution in [0.25, 0.3) is 0 Å². The van der Waals surface area contributed by atoms with Gasteiger partial charge in [-0.3, -0.25) is 4.90 Å². The Labute approximate surface area is 167 Å². The first-order valence-electron chi connectivity index (χ1n) is 10.3. The highest BCUT2D eigenvalue weighted by molar-refractivity contribution is 5.75. The summed E-state index contributed by atoms with van der Waals surface area (Å²) in [4.78, 5) is 17.1. The van der Waals surface area contributed by atoms with Crippen molar-refractivity contribution < 1.29 is 9.53 Å². The van der Waals surface area contributed by atoms with Crippen molar-refractivity contribution in [3.05, 3.63) is 71.3 Å². The second-order valence-corrected chi connectivity index (χ2v) is 7.63. The first kappa shape index (κ1) is 19.0. The van der Waals surface area contributed by atoms with E-state index in [2.05, 4.69) is 46.6 Å². The zero-order valence-corrected chi connectivity index (χ0v) is 16.3. The largest absolute Gasteiger partial charge is 0.379 e. The number of urea groups is 1. The normalized spacial score (nSPS) is 20.3. The Hall–Kier alpha value is -2.37. The third-order valence-corrected chi connectivity index (χ3v) is 5.67. The van der Waals surface area contributed by atoms with Crippen LogP contribution in [0.4, 0.5) is 4.79 Å². The van der Waals surface area contributed by atoms with Gasteiger partial charge in [0.05, 0.1) is 19.3 Å². The molecule has 5 heteroatoms. The van der Waals surface area contributed by atoms with Crippen LogP contribution in [0.1, 0.15) is 35.6 Å². The number of amides is 2. The molecule has 0 radical (unpaired) electrons. The van der Waals surface area contributed by atoms with Crippen molar-refractivity contribution in [2.24, 2.45) is 0 Å². The average molecular weight is 380 g/mol. The molecule has 2 aliphatic heterocycles. The topological polar surface area (TPSA) is 44.8 Å². The zero-order valence-electron chi connectivity index (χ0n) is 16.3. The number of nitrogens with one attached hydrogen (secondary N) is 1. The maximum atomic E-state index is 12.7. The fourth-order valence-electron chi connectivity index (χ4n) is 4.09. The molecule has 0 aliphatic carbocycles. The summed E-state index contributed by atoms with van der Waals surface area (Å²) >= 11 is 0. The molecule has 1 unspecified atom stereocenters. The summed E-state index contributed by atoms with van der Waals surface area (Å²) in [7, 11) is 0. The van der Waals surface area contributed by atoms with Gasteiger partial charge < -0.3 is 15.0 Å². The molecule has 1 atom stereocenters. The number of hydrogen-bond donors (Lipinski definition) is 1. The minimum absolute atomic E-state index is 0.0312. The predicted molar refractivity (Wildman–Crippen MR) is 110 cm³/mol. The molecule has 28 heavy (non-hydrogen) atoms. The van der Waals surface area contributed by atoms with Crippen molar-refractivity contribution >= 4 is 6.03 Å². The molecule has 0 bridgehead atoms. The molecule has 2 amide bonds. The molecule has 0 spiro atoms. The molecule has 2 fully saturated rings. The Morgan fingerprint density at radius 2 is 1.68 bits per heavy atom. The van der Waals surface area contributed by atoms with Gasteiger partial charge in [-0.25, -0.2) is 4.79 Å². The summed E-state index contributed by atoms with van der Waals surface area (Å²) < 4.78 is 5.40. The standard InChI is InChI=1S/C23H29N3O2/c27-23(26-12-4-7-22(26)21-5-2-1-3-6-21)24-17-19-8-10-20(11-9-19)18-25-13-15-28-16-14-25/h1-3,5-6,8-11,22H,4,7,12-18H2,(H,24,27). The Morgan fingerprint density at radius 1 is 0.964 bits per heavy atom. The molecule has 2 heterocycles. The molecule has 2 aliphatic rings. The minimum Gasteiger partial charge on any atom is -0.379 e. The van der Waals surface area contributed by atoms with E-state index in [4.69, 9.17) is 4.74 Å². The monoisotopic (exact) mass is 379 g/mol. The van der Waals surface area contributed by atoms with Crippen LogP contribution < -0.4 is 5.32 Å². The average Bonchev–Trinajstić information content (AvgIpc) is 3.24. The number of benzene rings is 2. The third-order valence-electron chi connectivity index (χ3n) is 5.67. The van der Waals surface area contributed by atoms with Gasteiger partial charge in [-0.15, -0.1) is 0 Å². The lowest BCUT2D eigenvalue weighted by molar-refractivity contribution is 0.0342. The van der Waals surface area contributed by atoms with E-state index in [0.717, 1.165) is 57.8 Å². The highest BCUT2D eigenvalue weighted by Gasteiger charge is 2.29. The van der Waals surface area contributed by atoms with Crippen molar-refractivity contribution in [2.45, 2.75) is 32.0 Å². The number of rotatable bonds is 5. The number of carbonyl (C=O) groups is 1. The van der Waals surface area contributed by atoms with E-state index in [1.807, 2.05) is 23.1 Å².